The zero-order chi connectivity index (χ0) is 10.2. The molecular formula is C11H26OSi. The van der Waals surface area contributed by atoms with E-state index < -0.39 is 0 Å². The smallest absolute Gasteiger partial charge is 0.146 e. The van der Waals surface area contributed by atoms with Gasteiger partial charge in [0.1, 0.15) is 10.5 Å². The minimum absolute atomic E-state index is 0.256. The van der Waals surface area contributed by atoms with Crippen molar-refractivity contribution in [2.45, 2.75) is 71.3 Å². The third-order valence-corrected chi connectivity index (χ3v) is 3.70. The minimum atomic E-state index is 0.256. The Balaban J connectivity index is 4.07. The van der Waals surface area contributed by atoms with Crippen LogP contribution in [0, 0.1) is 0 Å². The van der Waals surface area contributed by atoms with Crippen molar-refractivity contribution in [1.82, 2.24) is 0 Å². The van der Waals surface area contributed by atoms with Crippen molar-refractivity contribution in [2.75, 3.05) is 0 Å². The van der Waals surface area contributed by atoms with Gasteiger partial charge in [0.15, 0.2) is 0 Å². The van der Waals surface area contributed by atoms with Gasteiger partial charge in [-0.25, -0.2) is 0 Å². The molecule has 0 unspecified atom stereocenters. The van der Waals surface area contributed by atoms with Crippen LogP contribution in [0.25, 0.3) is 0 Å². The molecule has 0 aliphatic rings. The molecule has 0 atom stereocenters. The summed E-state index contributed by atoms with van der Waals surface area (Å²) in [5.41, 5.74) is 0.256. The second-order valence-electron chi connectivity index (χ2n) is 3.99. The Morgan fingerprint density at radius 3 is 1.77 bits per heavy atom. The number of rotatable bonds is 8. The van der Waals surface area contributed by atoms with Gasteiger partial charge in [0.2, 0.25) is 0 Å². The molecule has 0 heterocycles. The molecule has 0 amide bonds. The van der Waals surface area contributed by atoms with E-state index in [9.17, 15) is 0 Å². The van der Waals surface area contributed by atoms with Crippen LogP contribution in [0.4, 0.5) is 0 Å². The SMILES string of the molecule is CCCCC(CCC)(CCC)O[SiH3]. The van der Waals surface area contributed by atoms with Gasteiger partial charge in [0, 0.05) is 0 Å². The fourth-order valence-electron chi connectivity index (χ4n) is 2.09. The van der Waals surface area contributed by atoms with Crippen molar-refractivity contribution in [3.63, 3.8) is 0 Å². The van der Waals surface area contributed by atoms with Crippen molar-refractivity contribution < 1.29 is 4.43 Å². The van der Waals surface area contributed by atoms with Gasteiger partial charge >= 0.3 is 0 Å². The molecule has 1 nitrogen and oxygen atoms in total. The van der Waals surface area contributed by atoms with Gasteiger partial charge in [-0.05, 0) is 19.3 Å². The molecule has 0 spiro atoms. The molecule has 0 aromatic rings. The highest BCUT2D eigenvalue weighted by Crippen LogP contribution is 2.29. The third-order valence-electron chi connectivity index (χ3n) is 2.83. The topological polar surface area (TPSA) is 9.23 Å². The molecule has 0 aliphatic heterocycles. The van der Waals surface area contributed by atoms with Gasteiger partial charge in [-0.2, -0.15) is 0 Å². The lowest BCUT2D eigenvalue weighted by Crippen LogP contribution is -2.31. The summed E-state index contributed by atoms with van der Waals surface area (Å²) in [5.74, 6) is 0. The first-order valence-corrected chi connectivity index (χ1v) is 6.61. The summed E-state index contributed by atoms with van der Waals surface area (Å²) < 4.78 is 5.86. The van der Waals surface area contributed by atoms with Crippen LogP contribution in [0.2, 0.25) is 0 Å². The fourth-order valence-corrected chi connectivity index (χ4v) is 2.70. The maximum Gasteiger partial charge on any atom is 0.146 e. The standard InChI is InChI=1S/C11H26OSi/c1-4-7-10-11(12-13,8-5-2)9-6-3/h4-10H2,1-3,13H3. The predicted octanol–water partition coefficient (Wildman–Crippen LogP) is 2.81. The molecule has 0 saturated heterocycles. The van der Waals surface area contributed by atoms with Crippen LogP contribution in [-0.4, -0.2) is 16.1 Å². The summed E-state index contributed by atoms with van der Waals surface area (Å²) in [5, 5.41) is 0. The Kier molecular flexibility index (Phi) is 7.67. The molecule has 0 rings (SSSR count). The molecule has 13 heavy (non-hydrogen) atoms. The number of hydrogen-bond donors (Lipinski definition) is 0. The Hall–Kier alpha value is 0.177. The lowest BCUT2D eigenvalue weighted by atomic mass is 9.87. The van der Waals surface area contributed by atoms with Crippen molar-refractivity contribution >= 4 is 10.5 Å². The van der Waals surface area contributed by atoms with Crippen molar-refractivity contribution in [2.24, 2.45) is 0 Å². The minimum Gasteiger partial charge on any atom is -0.422 e. The van der Waals surface area contributed by atoms with Crippen LogP contribution in [0.1, 0.15) is 65.7 Å². The van der Waals surface area contributed by atoms with Gasteiger partial charge in [0.05, 0.1) is 5.60 Å². The van der Waals surface area contributed by atoms with Crippen molar-refractivity contribution in [3.05, 3.63) is 0 Å². The van der Waals surface area contributed by atoms with Gasteiger partial charge in [0.25, 0.3) is 0 Å². The maximum absolute atomic E-state index is 5.86. The van der Waals surface area contributed by atoms with Crippen LogP contribution >= 0.6 is 0 Å². The third kappa shape index (κ3) is 4.82. The molecule has 0 radical (unpaired) electrons. The average molecular weight is 202 g/mol. The summed E-state index contributed by atoms with van der Waals surface area (Å²) >= 11 is 0. The first-order valence-electron chi connectivity index (χ1n) is 5.79. The maximum atomic E-state index is 5.86. The van der Waals surface area contributed by atoms with E-state index in [1.165, 1.54) is 44.9 Å². The van der Waals surface area contributed by atoms with Crippen molar-refractivity contribution in [3.8, 4) is 0 Å². The molecule has 0 N–H and O–H groups in total. The molecular weight excluding hydrogens is 176 g/mol. The molecule has 2 heteroatoms. The summed E-state index contributed by atoms with van der Waals surface area (Å²) in [6.45, 7) is 6.78. The van der Waals surface area contributed by atoms with Crippen LogP contribution in [0.3, 0.4) is 0 Å². The Labute approximate surface area is 86.8 Å². The zero-order valence-corrected chi connectivity index (χ0v) is 11.9. The number of unbranched alkanes of at least 4 members (excludes halogenated alkanes) is 1. The molecule has 0 aromatic heterocycles. The van der Waals surface area contributed by atoms with Gasteiger partial charge in [-0.1, -0.05) is 46.5 Å². The Bertz CT molecular complexity index is 109. The molecule has 80 valence electrons. The first-order chi connectivity index (χ1) is 6.24. The van der Waals surface area contributed by atoms with E-state index in [0.29, 0.717) is 0 Å². The van der Waals surface area contributed by atoms with Crippen LogP contribution < -0.4 is 0 Å². The highest BCUT2D eigenvalue weighted by Gasteiger charge is 2.25. The summed E-state index contributed by atoms with van der Waals surface area (Å²) in [4.78, 5) is 0. The summed E-state index contributed by atoms with van der Waals surface area (Å²) in [6.07, 6.45) is 8.91. The molecule has 0 aliphatic carbocycles. The summed E-state index contributed by atoms with van der Waals surface area (Å²) in [6, 6.07) is 0. The Morgan fingerprint density at radius 1 is 0.923 bits per heavy atom. The van der Waals surface area contributed by atoms with E-state index in [1.807, 2.05) is 0 Å². The molecule has 0 bridgehead atoms. The van der Waals surface area contributed by atoms with E-state index >= 15 is 0 Å². The second-order valence-corrected chi connectivity index (χ2v) is 4.40. The normalized spacial score (nSPS) is 12.2. The summed E-state index contributed by atoms with van der Waals surface area (Å²) in [7, 11) is 0.891. The van der Waals surface area contributed by atoms with E-state index in [0.717, 1.165) is 10.5 Å². The first kappa shape index (κ1) is 13.2. The van der Waals surface area contributed by atoms with Crippen molar-refractivity contribution in [1.29, 1.82) is 0 Å². The van der Waals surface area contributed by atoms with E-state index in [2.05, 4.69) is 20.8 Å². The quantitative estimate of drug-likeness (QED) is 0.550. The molecule has 0 fully saturated rings. The average Bonchev–Trinajstić information content (AvgIpc) is 2.15. The highest BCUT2D eigenvalue weighted by atomic mass is 28.2. The Morgan fingerprint density at radius 2 is 1.46 bits per heavy atom. The zero-order valence-electron chi connectivity index (χ0n) is 9.86. The largest absolute Gasteiger partial charge is 0.422 e. The highest BCUT2D eigenvalue weighted by molar-refractivity contribution is 5.98. The van der Waals surface area contributed by atoms with Gasteiger partial charge in [-0.15, -0.1) is 0 Å². The fraction of sp³-hybridized carbons (Fsp3) is 1.00. The van der Waals surface area contributed by atoms with Crippen LogP contribution in [0.5, 0.6) is 0 Å². The molecule has 0 aromatic carbocycles. The van der Waals surface area contributed by atoms with E-state index in [4.69, 9.17) is 4.43 Å². The van der Waals surface area contributed by atoms with Crippen LogP contribution in [-0.2, 0) is 4.43 Å². The van der Waals surface area contributed by atoms with Gasteiger partial charge in [-0.3, -0.25) is 0 Å². The number of hydrogen-bond acceptors (Lipinski definition) is 1. The predicted molar refractivity (Wildman–Crippen MR) is 63.1 cm³/mol. The van der Waals surface area contributed by atoms with Gasteiger partial charge < -0.3 is 4.43 Å². The molecule has 0 saturated carbocycles. The lowest BCUT2D eigenvalue weighted by molar-refractivity contribution is 0.0469. The van der Waals surface area contributed by atoms with Crippen LogP contribution in [0.15, 0.2) is 0 Å². The lowest BCUT2D eigenvalue weighted by Gasteiger charge is -2.33. The van der Waals surface area contributed by atoms with E-state index in [1.54, 1.807) is 0 Å². The monoisotopic (exact) mass is 202 g/mol. The van der Waals surface area contributed by atoms with E-state index in [-0.39, 0.29) is 5.60 Å². The second kappa shape index (κ2) is 7.57.